The van der Waals surface area contributed by atoms with Crippen LogP contribution in [0.1, 0.15) is 17.0 Å². The lowest BCUT2D eigenvalue weighted by molar-refractivity contribution is -0.384. The second kappa shape index (κ2) is 8.13. The van der Waals surface area contributed by atoms with Gasteiger partial charge in [-0.2, -0.15) is 5.10 Å². The van der Waals surface area contributed by atoms with Crippen molar-refractivity contribution in [3.8, 4) is 0 Å². The Morgan fingerprint density at radius 3 is 3.00 bits per heavy atom. The third-order valence-electron chi connectivity index (χ3n) is 4.84. The maximum Gasteiger partial charge on any atom is 0.269 e. The van der Waals surface area contributed by atoms with Gasteiger partial charge in [0.2, 0.25) is 5.91 Å². The van der Waals surface area contributed by atoms with E-state index in [2.05, 4.69) is 17.0 Å². The zero-order chi connectivity index (χ0) is 19.4. The van der Waals surface area contributed by atoms with Crippen molar-refractivity contribution in [2.24, 2.45) is 13.0 Å². The summed E-state index contributed by atoms with van der Waals surface area (Å²) in [6, 6.07) is 6.39. The van der Waals surface area contributed by atoms with Crippen LogP contribution < -0.4 is 5.32 Å². The number of aryl methyl sites for hydroxylation is 1. The fourth-order valence-corrected chi connectivity index (χ4v) is 3.53. The third-order valence-corrected chi connectivity index (χ3v) is 4.84. The molecule has 0 saturated carbocycles. The average molecular weight is 369 g/mol. The SMILES string of the molecule is C=CCN(Cc1cccc([N+](=O)[O-])c1)C(=O)[C@H]1CNC[C@@H]1c1cnn(C)c1. The molecule has 0 radical (unpaired) electrons. The molecule has 0 unspecified atom stereocenters. The number of non-ortho nitro benzene ring substituents is 1. The molecule has 0 aliphatic carbocycles. The van der Waals surface area contributed by atoms with Crippen molar-refractivity contribution in [2.75, 3.05) is 19.6 Å². The first-order valence-corrected chi connectivity index (χ1v) is 8.82. The second-order valence-electron chi connectivity index (χ2n) is 6.75. The minimum absolute atomic E-state index is 0.0141. The summed E-state index contributed by atoms with van der Waals surface area (Å²) in [5.41, 5.74) is 1.78. The molecule has 1 N–H and O–H groups in total. The van der Waals surface area contributed by atoms with Crippen molar-refractivity contribution in [3.63, 3.8) is 0 Å². The number of nitro groups is 1. The lowest BCUT2D eigenvalue weighted by Crippen LogP contribution is -2.38. The van der Waals surface area contributed by atoms with E-state index in [1.54, 1.807) is 34.0 Å². The molecule has 8 heteroatoms. The normalized spacial score (nSPS) is 19.0. The van der Waals surface area contributed by atoms with Gasteiger partial charge in [-0.05, 0) is 11.1 Å². The molecule has 2 heterocycles. The molecule has 1 fully saturated rings. The van der Waals surface area contributed by atoms with Gasteiger partial charge in [-0.3, -0.25) is 19.6 Å². The number of carbonyl (C=O) groups is 1. The summed E-state index contributed by atoms with van der Waals surface area (Å²) in [4.78, 5) is 25.5. The summed E-state index contributed by atoms with van der Waals surface area (Å²) in [6.45, 7) is 5.76. The van der Waals surface area contributed by atoms with Crippen molar-refractivity contribution in [3.05, 3.63) is 70.6 Å². The Balaban J connectivity index is 1.79. The Labute approximate surface area is 157 Å². The first-order chi connectivity index (χ1) is 13.0. The van der Waals surface area contributed by atoms with E-state index >= 15 is 0 Å². The van der Waals surface area contributed by atoms with Crippen LogP contribution in [-0.2, 0) is 18.4 Å². The van der Waals surface area contributed by atoms with Crippen molar-refractivity contribution in [1.82, 2.24) is 20.0 Å². The van der Waals surface area contributed by atoms with Crippen LogP contribution in [0, 0.1) is 16.0 Å². The summed E-state index contributed by atoms with van der Waals surface area (Å²) in [5, 5.41) is 18.5. The second-order valence-corrected chi connectivity index (χ2v) is 6.75. The molecule has 142 valence electrons. The topological polar surface area (TPSA) is 93.3 Å². The molecule has 0 bridgehead atoms. The van der Waals surface area contributed by atoms with E-state index in [-0.39, 0.29) is 23.4 Å². The van der Waals surface area contributed by atoms with Gasteiger partial charge < -0.3 is 10.2 Å². The Morgan fingerprint density at radius 2 is 2.33 bits per heavy atom. The molecule has 1 aromatic heterocycles. The summed E-state index contributed by atoms with van der Waals surface area (Å²) in [6.07, 6.45) is 5.42. The van der Waals surface area contributed by atoms with Crippen molar-refractivity contribution in [2.45, 2.75) is 12.5 Å². The van der Waals surface area contributed by atoms with E-state index < -0.39 is 4.92 Å². The van der Waals surface area contributed by atoms with E-state index in [4.69, 9.17) is 0 Å². The molecule has 1 aromatic carbocycles. The fraction of sp³-hybridized carbons (Fsp3) is 0.368. The van der Waals surface area contributed by atoms with Crippen LogP contribution in [0.15, 0.2) is 49.3 Å². The van der Waals surface area contributed by atoms with Gasteiger partial charge >= 0.3 is 0 Å². The molecule has 0 spiro atoms. The number of rotatable bonds is 7. The van der Waals surface area contributed by atoms with Crippen LogP contribution >= 0.6 is 0 Å². The van der Waals surface area contributed by atoms with Gasteiger partial charge in [0.1, 0.15) is 0 Å². The van der Waals surface area contributed by atoms with Gasteiger partial charge in [-0.1, -0.05) is 18.2 Å². The zero-order valence-corrected chi connectivity index (χ0v) is 15.2. The smallest absolute Gasteiger partial charge is 0.269 e. The van der Waals surface area contributed by atoms with E-state index in [0.717, 1.165) is 17.7 Å². The zero-order valence-electron chi connectivity index (χ0n) is 15.2. The van der Waals surface area contributed by atoms with Gasteiger partial charge in [0.05, 0.1) is 17.0 Å². The highest BCUT2D eigenvalue weighted by molar-refractivity contribution is 5.81. The Hall–Kier alpha value is -3.00. The molecule has 1 amide bonds. The van der Waals surface area contributed by atoms with Crippen molar-refractivity contribution in [1.29, 1.82) is 0 Å². The summed E-state index contributed by atoms with van der Waals surface area (Å²) < 4.78 is 1.74. The van der Waals surface area contributed by atoms with E-state index in [9.17, 15) is 14.9 Å². The Bertz CT molecular complexity index is 847. The maximum atomic E-state index is 13.2. The molecule has 1 aliphatic heterocycles. The number of nitro benzene ring substituents is 1. The number of nitrogens with one attached hydrogen (secondary N) is 1. The largest absolute Gasteiger partial charge is 0.334 e. The van der Waals surface area contributed by atoms with E-state index in [0.29, 0.717) is 19.6 Å². The van der Waals surface area contributed by atoms with Crippen LogP contribution in [0.3, 0.4) is 0 Å². The number of benzene rings is 1. The predicted molar refractivity (Wildman–Crippen MR) is 101 cm³/mol. The molecular formula is C19H23N5O3. The first-order valence-electron chi connectivity index (χ1n) is 8.82. The number of nitrogens with zero attached hydrogens (tertiary/aromatic N) is 4. The van der Waals surface area contributed by atoms with Gasteiger partial charge in [0.25, 0.3) is 5.69 Å². The number of aromatic nitrogens is 2. The highest BCUT2D eigenvalue weighted by Crippen LogP contribution is 2.30. The monoisotopic (exact) mass is 369 g/mol. The summed E-state index contributed by atoms with van der Waals surface area (Å²) >= 11 is 0. The molecular weight excluding hydrogens is 346 g/mol. The summed E-state index contributed by atoms with van der Waals surface area (Å²) in [7, 11) is 1.86. The molecule has 27 heavy (non-hydrogen) atoms. The van der Waals surface area contributed by atoms with Gasteiger partial charge in [0, 0.05) is 57.5 Å². The maximum absolute atomic E-state index is 13.2. The van der Waals surface area contributed by atoms with Crippen LogP contribution in [-0.4, -0.2) is 45.1 Å². The molecule has 2 atom stereocenters. The third kappa shape index (κ3) is 4.22. The van der Waals surface area contributed by atoms with Crippen molar-refractivity contribution < 1.29 is 9.72 Å². The van der Waals surface area contributed by atoms with Gasteiger partial charge in [-0.15, -0.1) is 6.58 Å². The average Bonchev–Trinajstić information content (AvgIpc) is 3.29. The summed E-state index contributed by atoms with van der Waals surface area (Å²) in [5.74, 6) is -0.128. The standard InChI is InChI=1S/C19H23N5O3/c1-3-7-23(12-14-5-4-6-16(8-14)24(26)27)19(25)18-11-20-10-17(18)15-9-21-22(2)13-15/h3-6,8-9,13,17-18,20H,1,7,10-12H2,2H3/t17-,18+/m1/s1. The Morgan fingerprint density at radius 1 is 1.52 bits per heavy atom. The Kier molecular flexibility index (Phi) is 5.66. The molecule has 8 nitrogen and oxygen atoms in total. The number of amides is 1. The van der Waals surface area contributed by atoms with E-state index in [1.165, 1.54) is 12.1 Å². The number of hydrogen-bond donors (Lipinski definition) is 1. The number of hydrogen-bond acceptors (Lipinski definition) is 5. The minimum atomic E-state index is -0.428. The van der Waals surface area contributed by atoms with Crippen LogP contribution in [0.25, 0.3) is 0 Å². The molecule has 1 aliphatic rings. The minimum Gasteiger partial charge on any atom is -0.334 e. The molecule has 2 aromatic rings. The van der Waals surface area contributed by atoms with Gasteiger partial charge in [0.15, 0.2) is 0 Å². The van der Waals surface area contributed by atoms with E-state index in [1.807, 2.05) is 13.2 Å². The molecule has 1 saturated heterocycles. The fourth-order valence-electron chi connectivity index (χ4n) is 3.53. The van der Waals surface area contributed by atoms with Crippen LogP contribution in [0.2, 0.25) is 0 Å². The highest BCUT2D eigenvalue weighted by Gasteiger charge is 2.36. The molecule has 3 rings (SSSR count). The lowest BCUT2D eigenvalue weighted by Gasteiger charge is -2.27. The number of carbonyl (C=O) groups excluding carboxylic acids is 1. The predicted octanol–water partition coefficient (Wildman–Crippen LogP) is 1.85. The van der Waals surface area contributed by atoms with Gasteiger partial charge in [-0.25, -0.2) is 0 Å². The quantitative estimate of drug-likeness (QED) is 0.457. The highest BCUT2D eigenvalue weighted by atomic mass is 16.6. The first kappa shape index (κ1) is 18.8. The van der Waals surface area contributed by atoms with Crippen molar-refractivity contribution >= 4 is 11.6 Å². The van der Waals surface area contributed by atoms with Crippen LogP contribution in [0.4, 0.5) is 5.69 Å². The lowest BCUT2D eigenvalue weighted by atomic mass is 9.89. The van der Waals surface area contributed by atoms with Crippen LogP contribution in [0.5, 0.6) is 0 Å².